The number of rotatable bonds is 3. The lowest BCUT2D eigenvalue weighted by atomic mass is 9.87. The van der Waals surface area contributed by atoms with Crippen LogP contribution in [0.25, 0.3) is 11.4 Å². The maximum Gasteiger partial charge on any atom is 0.352 e. The molecule has 0 spiro atoms. The number of para-hydroxylation sites is 2. The van der Waals surface area contributed by atoms with Crippen LogP contribution in [0.5, 0.6) is 11.5 Å². The first-order valence-corrected chi connectivity index (χ1v) is 13.8. The maximum absolute atomic E-state index is 14.1. The lowest BCUT2D eigenvalue weighted by Crippen LogP contribution is -2.47. The van der Waals surface area contributed by atoms with Gasteiger partial charge < -0.3 is 9.84 Å². The van der Waals surface area contributed by atoms with Crippen LogP contribution in [0.3, 0.4) is 0 Å². The number of aromatic hydroxyl groups is 1. The second kappa shape index (κ2) is 9.11. The number of ether oxygens (including phenoxy) is 1. The highest BCUT2D eigenvalue weighted by Crippen LogP contribution is 2.42. The summed E-state index contributed by atoms with van der Waals surface area (Å²) in [6, 6.07) is 20.6. The standard InChI is InChI=1S/C31H24N6O6/c38-23-11-12-26-19(16-23)15-20(18-43-26)27-24-13-14-32-28(39)34(21-7-3-1-4-8-21)30(41)36(32)25(24)17-33-29(40)35(31(42)37(27)33)22-9-5-2-6-10-22/h1-13,16,18,25,27,38H,14-15,17H2. The summed E-state index contributed by atoms with van der Waals surface area (Å²) in [5, 5.41) is 10.1. The lowest BCUT2D eigenvalue weighted by Gasteiger charge is -2.39. The van der Waals surface area contributed by atoms with Crippen LogP contribution in [-0.2, 0) is 19.5 Å². The van der Waals surface area contributed by atoms with Gasteiger partial charge in [-0.25, -0.2) is 47.0 Å². The largest absolute Gasteiger partial charge is 0.508 e. The van der Waals surface area contributed by atoms with Crippen LogP contribution >= 0.6 is 0 Å². The van der Waals surface area contributed by atoms with Crippen molar-refractivity contribution in [2.24, 2.45) is 0 Å². The van der Waals surface area contributed by atoms with Gasteiger partial charge in [0.25, 0.3) is 0 Å². The number of phenols is 1. The number of hydrogen-bond acceptors (Lipinski definition) is 6. The van der Waals surface area contributed by atoms with Crippen LogP contribution in [0.15, 0.2) is 122 Å². The molecule has 3 aliphatic heterocycles. The molecule has 0 radical (unpaired) electrons. The van der Waals surface area contributed by atoms with Gasteiger partial charge in [-0.3, -0.25) is 0 Å². The number of hydrogen-bond donors (Lipinski definition) is 1. The Morgan fingerprint density at radius 1 is 0.721 bits per heavy atom. The van der Waals surface area contributed by atoms with Crippen LogP contribution in [0.1, 0.15) is 17.6 Å². The van der Waals surface area contributed by atoms with Crippen LogP contribution in [0.4, 0.5) is 0 Å². The van der Waals surface area contributed by atoms with Crippen molar-refractivity contribution in [1.29, 1.82) is 0 Å². The van der Waals surface area contributed by atoms with Crippen molar-refractivity contribution in [1.82, 2.24) is 27.9 Å². The first-order chi connectivity index (χ1) is 20.9. The van der Waals surface area contributed by atoms with Gasteiger partial charge in [0.1, 0.15) is 17.5 Å². The van der Waals surface area contributed by atoms with E-state index in [2.05, 4.69) is 0 Å². The SMILES string of the molecule is O=c1n(-c2ccccc2)c(=O)n2n1CC=C1C2Cn2c(=O)n(-c3ccccc3)c(=O)n2C1C1=COc2ccc(O)cc2C1. The number of allylic oxidation sites excluding steroid dienone is 3. The van der Waals surface area contributed by atoms with Gasteiger partial charge in [-0.05, 0) is 53.6 Å². The van der Waals surface area contributed by atoms with E-state index in [0.717, 1.165) is 9.13 Å². The quantitative estimate of drug-likeness (QED) is 0.327. The Kier molecular flexibility index (Phi) is 5.29. The third-order valence-corrected chi connectivity index (χ3v) is 8.36. The summed E-state index contributed by atoms with van der Waals surface area (Å²) < 4.78 is 13.7. The highest BCUT2D eigenvalue weighted by molar-refractivity contribution is 5.46. The summed E-state index contributed by atoms with van der Waals surface area (Å²) in [5.41, 5.74) is 0.766. The van der Waals surface area contributed by atoms with E-state index >= 15 is 0 Å². The molecule has 5 heterocycles. The van der Waals surface area contributed by atoms with Gasteiger partial charge in [-0.1, -0.05) is 42.5 Å². The molecule has 43 heavy (non-hydrogen) atoms. The summed E-state index contributed by atoms with van der Waals surface area (Å²) in [6.45, 7) is 0.0556. The Bertz CT molecular complexity index is 2240. The minimum absolute atomic E-state index is 0.0418. The average molecular weight is 577 g/mol. The van der Waals surface area contributed by atoms with Crippen LogP contribution in [-0.4, -0.2) is 33.0 Å². The molecule has 2 unspecified atom stereocenters. The smallest absolute Gasteiger partial charge is 0.352 e. The zero-order chi connectivity index (χ0) is 29.4. The summed E-state index contributed by atoms with van der Waals surface area (Å²) in [4.78, 5) is 55.4. The zero-order valence-electron chi connectivity index (χ0n) is 22.6. The third-order valence-electron chi connectivity index (χ3n) is 8.36. The first kappa shape index (κ1) is 25.0. The van der Waals surface area contributed by atoms with Crippen molar-refractivity contribution >= 4 is 0 Å². The van der Waals surface area contributed by atoms with Crippen molar-refractivity contribution in [2.45, 2.75) is 31.6 Å². The molecule has 12 nitrogen and oxygen atoms in total. The Hall–Kier alpha value is -5.78. The second-order valence-corrected chi connectivity index (χ2v) is 10.7. The van der Waals surface area contributed by atoms with E-state index in [1.165, 1.54) is 24.8 Å². The molecule has 214 valence electrons. The molecular weight excluding hydrogens is 552 g/mol. The number of fused-ring (bicyclic) bond motifs is 5. The predicted octanol–water partition coefficient (Wildman–Crippen LogP) is 1.88. The predicted molar refractivity (Wildman–Crippen MR) is 155 cm³/mol. The highest BCUT2D eigenvalue weighted by atomic mass is 16.5. The van der Waals surface area contributed by atoms with Gasteiger partial charge in [-0.2, -0.15) is 0 Å². The minimum atomic E-state index is -0.796. The maximum atomic E-state index is 14.1. The Labute approximate surface area is 242 Å². The molecule has 2 aromatic heterocycles. The fourth-order valence-electron chi connectivity index (χ4n) is 6.47. The van der Waals surface area contributed by atoms with Crippen molar-refractivity contribution in [3.8, 4) is 22.9 Å². The van der Waals surface area contributed by atoms with Crippen LogP contribution in [0, 0.1) is 0 Å². The molecule has 0 saturated carbocycles. The number of benzene rings is 3. The highest BCUT2D eigenvalue weighted by Gasteiger charge is 2.43. The van der Waals surface area contributed by atoms with E-state index in [1.54, 1.807) is 79.1 Å². The van der Waals surface area contributed by atoms with Gasteiger partial charge in [0, 0.05) is 12.0 Å². The summed E-state index contributed by atoms with van der Waals surface area (Å²) >= 11 is 0. The molecule has 8 rings (SSSR count). The third kappa shape index (κ3) is 3.56. The normalized spacial score (nSPS) is 18.4. The second-order valence-electron chi connectivity index (χ2n) is 10.7. The van der Waals surface area contributed by atoms with E-state index in [9.17, 15) is 24.3 Å². The van der Waals surface area contributed by atoms with Crippen LogP contribution < -0.4 is 27.5 Å². The average Bonchev–Trinajstić information content (AvgIpc) is 3.44. The van der Waals surface area contributed by atoms with Crippen LogP contribution in [0.2, 0.25) is 0 Å². The lowest BCUT2D eigenvalue weighted by molar-refractivity contribution is 0.240. The molecular formula is C31H24N6O6. The molecule has 0 saturated heterocycles. The van der Waals surface area contributed by atoms with E-state index in [1.807, 2.05) is 6.08 Å². The minimum Gasteiger partial charge on any atom is -0.508 e. The molecule has 0 fully saturated rings. The summed E-state index contributed by atoms with van der Waals surface area (Å²) in [6.07, 6.45) is 3.74. The van der Waals surface area contributed by atoms with Gasteiger partial charge in [0.05, 0.1) is 36.8 Å². The summed E-state index contributed by atoms with van der Waals surface area (Å²) in [5.74, 6) is 0.646. The molecule has 0 aliphatic carbocycles. The Morgan fingerprint density at radius 2 is 1.35 bits per heavy atom. The fraction of sp³-hybridized carbons (Fsp3) is 0.161. The zero-order valence-corrected chi connectivity index (χ0v) is 22.6. The number of aromatic nitrogens is 6. The van der Waals surface area contributed by atoms with Gasteiger partial charge in [0.15, 0.2) is 0 Å². The number of phenolic OH excluding ortho intramolecular Hbond substituents is 1. The monoisotopic (exact) mass is 576 g/mol. The fourth-order valence-corrected chi connectivity index (χ4v) is 6.47. The van der Waals surface area contributed by atoms with E-state index in [-0.39, 0.29) is 18.8 Å². The van der Waals surface area contributed by atoms with E-state index in [4.69, 9.17) is 4.74 Å². The van der Waals surface area contributed by atoms with Crippen molar-refractivity contribution in [3.05, 3.63) is 150 Å². The van der Waals surface area contributed by atoms with Crippen molar-refractivity contribution in [2.75, 3.05) is 0 Å². The van der Waals surface area contributed by atoms with Gasteiger partial charge in [-0.15, -0.1) is 0 Å². The van der Waals surface area contributed by atoms with Crippen molar-refractivity contribution < 1.29 is 9.84 Å². The Balaban J connectivity index is 1.35. The van der Waals surface area contributed by atoms with E-state index < -0.39 is 34.8 Å². The molecule has 3 aliphatic rings. The Morgan fingerprint density at radius 3 is 2.02 bits per heavy atom. The van der Waals surface area contributed by atoms with E-state index in [0.29, 0.717) is 40.3 Å². The van der Waals surface area contributed by atoms with Crippen molar-refractivity contribution in [3.63, 3.8) is 0 Å². The molecule has 0 bridgehead atoms. The first-order valence-electron chi connectivity index (χ1n) is 13.8. The number of nitrogens with zero attached hydrogens (tertiary/aromatic N) is 6. The van der Waals surface area contributed by atoms with Gasteiger partial charge in [0.2, 0.25) is 0 Å². The summed E-state index contributed by atoms with van der Waals surface area (Å²) in [7, 11) is 0. The molecule has 0 amide bonds. The molecule has 1 N–H and O–H groups in total. The molecule has 3 aromatic carbocycles. The topological polar surface area (TPSA) is 127 Å². The molecule has 12 heteroatoms. The molecule has 2 atom stereocenters. The molecule has 5 aromatic rings. The van der Waals surface area contributed by atoms with Gasteiger partial charge >= 0.3 is 22.8 Å².